The van der Waals surface area contributed by atoms with Crippen molar-refractivity contribution in [2.45, 2.75) is 39.5 Å². The lowest BCUT2D eigenvalue weighted by Crippen LogP contribution is -2.04. The Labute approximate surface area is 106 Å². The van der Waals surface area contributed by atoms with Crippen LogP contribution < -0.4 is 0 Å². The summed E-state index contributed by atoms with van der Waals surface area (Å²) >= 11 is 1.67. The molecule has 1 aromatic heterocycles. The van der Waals surface area contributed by atoms with Crippen LogP contribution in [0.5, 0.6) is 0 Å². The number of esters is 1. The first kappa shape index (κ1) is 13.9. The van der Waals surface area contributed by atoms with Crippen LogP contribution in [0.3, 0.4) is 0 Å². The van der Waals surface area contributed by atoms with Gasteiger partial charge in [-0.1, -0.05) is 0 Å². The zero-order valence-electron chi connectivity index (χ0n) is 10.3. The van der Waals surface area contributed by atoms with Gasteiger partial charge in [-0.15, -0.1) is 11.3 Å². The molecular formula is C13H18O3S. The van der Waals surface area contributed by atoms with Crippen LogP contribution in [-0.2, 0) is 27.2 Å². The van der Waals surface area contributed by atoms with Crippen molar-refractivity contribution >= 4 is 23.1 Å². The van der Waals surface area contributed by atoms with Gasteiger partial charge in [0.15, 0.2) is 0 Å². The molecule has 0 atom stereocenters. The Balaban J connectivity index is 2.35. The number of Topliss-reactive ketones (excluding diaryl/α,β-unsaturated/α-hetero) is 1. The second-order valence-corrected chi connectivity index (χ2v) is 5.13. The highest BCUT2D eigenvalue weighted by Gasteiger charge is 2.05. The molecule has 0 radical (unpaired) electrons. The van der Waals surface area contributed by atoms with Gasteiger partial charge in [-0.3, -0.25) is 4.79 Å². The molecule has 0 amide bonds. The van der Waals surface area contributed by atoms with Crippen LogP contribution in [0.15, 0.2) is 12.1 Å². The molecule has 3 nitrogen and oxygen atoms in total. The smallest absolute Gasteiger partial charge is 0.306 e. The second kappa shape index (κ2) is 7.22. The first-order valence-corrected chi connectivity index (χ1v) is 6.66. The van der Waals surface area contributed by atoms with Crippen molar-refractivity contribution in [3.63, 3.8) is 0 Å². The van der Waals surface area contributed by atoms with E-state index in [0.717, 1.165) is 12.8 Å². The average molecular weight is 254 g/mol. The summed E-state index contributed by atoms with van der Waals surface area (Å²) in [5.74, 6) is 0.0673. The third kappa shape index (κ3) is 5.63. The number of ketones is 1. The van der Waals surface area contributed by atoms with E-state index in [9.17, 15) is 9.59 Å². The fraction of sp³-hybridized carbons (Fsp3) is 0.538. The number of carbonyl (C=O) groups excluding carboxylic acids is 2. The number of hydrogen-bond donors (Lipinski definition) is 0. The van der Waals surface area contributed by atoms with Gasteiger partial charge in [-0.05, 0) is 38.8 Å². The molecule has 1 rings (SSSR count). The minimum Gasteiger partial charge on any atom is -0.466 e. The van der Waals surface area contributed by atoms with Gasteiger partial charge < -0.3 is 9.53 Å². The maximum absolute atomic E-state index is 11.2. The Kier molecular flexibility index (Phi) is 5.91. The SMILES string of the molecule is CCOC(=O)CCc1ccc(CCC(C)=O)s1. The zero-order chi connectivity index (χ0) is 12.7. The van der Waals surface area contributed by atoms with Gasteiger partial charge in [0.05, 0.1) is 13.0 Å². The lowest BCUT2D eigenvalue weighted by molar-refractivity contribution is -0.143. The quantitative estimate of drug-likeness (QED) is 0.703. The number of ether oxygens (including phenoxy) is 1. The fourth-order valence-corrected chi connectivity index (χ4v) is 2.47. The van der Waals surface area contributed by atoms with E-state index in [-0.39, 0.29) is 11.8 Å². The molecule has 0 aliphatic rings. The molecular weight excluding hydrogens is 236 g/mol. The van der Waals surface area contributed by atoms with E-state index in [1.54, 1.807) is 18.3 Å². The first-order valence-electron chi connectivity index (χ1n) is 5.84. The maximum Gasteiger partial charge on any atom is 0.306 e. The van der Waals surface area contributed by atoms with Crippen LogP contribution in [0.25, 0.3) is 0 Å². The molecule has 94 valence electrons. The van der Waals surface area contributed by atoms with Gasteiger partial charge in [0.1, 0.15) is 5.78 Å². The van der Waals surface area contributed by atoms with Crippen LogP contribution in [-0.4, -0.2) is 18.4 Å². The van der Waals surface area contributed by atoms with Gasteiger partial charge in [0.25, 0.3) is 0 Å². The molecule has 0 bridgehead atoms. The van der Waals surface area contributed by atoms with Gasteiger partial charge in [0, 0.05) is 16.2 Å². The van der Waals surface area contributed by atoms with Crippen molar-refractivity contribution in [2.75, 3.05) is 6.61 Å². The van der Waals surface area contributed by atoms with E-state index < -0.39 is 0 Å². The van der Waals surface area contributed by atoms with Crippen LogP contribution >= 0.6 is 11.3 Å². The molecule has 0 N–H and O–H groups in total. The number of thiophene rings is 1. The largest absolute Gasteiger partial charge is 0.466 e. The van der Waals surface area contributed by atoms with Crippen LogP contribution in [0, 0.1) is 0 Å². The normalized spacial score (nSPS) is 10.2. The third-order valence-electron chi connectivity index (χ3n) is 2.32. The number of rotatable bonds is 7. The third-order valence-corrected chi connectivity index (χ3v) is 3.53. The Morgan fingerprint density at radius 2 is 1.76 bits per heavy atom. The predicted molar refractivity (Wildman–Crippen MR) is 68.3 cm³/mol. The van der Waals surface area contributed by atoms with E-state index >= 15 is 0 Å². The maximum atomic E-state index is 11.2. The van der Waals surface area contributed by atoms with Crippen molar-refractivity contribution in [3.8, 4) is 0 Å². The minimum atomic E-state index is -0.147. The molecule has 17 heavy (non-hydrogen) atoms. The number of hydrogen-bond acceptors (Lipinski definition) is 4. The van der Waals surface area contributed by atoms with E-state index in [4.69, 9.17) is 4.74 Å². The molecule has 4 heteroatoms. The Morgan fingerprint density at radius 3 is 2.29 bits per heavy atom. The van der Waals surface area contributed by atoms with Gasteiger partial charge in [-0.25, -0.2) is 0 Å². The molecule has 0 saturated heterocycles. The van der Waals surface area contributed by atoms with Crippen molar-refractivity contribution in [1.29, 1.82) is 0 Å². The number of carbonyl (C=O) groups is 2. The van der Waals surface area contributed by atoms with E-state index in [2.05, 4.69) is 0 Å². The molecule has 0 aliphatic carbocycles. The topological polar surface area (TPSA) is 43.4 Å². The average Bonchev–Trinajstić information content (AvgIpc) is 2.72. The highest BCUT2D eigenvalue weighted by molar-refractivity contribution is 7.12. The summed E-state index contributed by atoms with van der Waals surface area (Å²) in [6, 6.07) is 4.06. The molecule has 0 spiro atoms. The summed E-state index contributed by atoms with van der Waals surface area (Å²) in [4.78, 5) is 24.4. The molecule has 0 fully saturated rings. The highest BCUT2D eigenvalue weighted by Crippen LogP contribution is 2.19. The minimum absolute atomic E-state index is 0.147. The van der Waals surface area contributed by atoms with E-state index in [0.29, 0.717) is 19.4 Å². The van der Waals surface area contributed by atoms with Crippen LogP contribution in [0.4, 0.5) is 0 Å². The van der Waals surface area contributed by atoms with Gasteiger partial charge >= 0.3 is 5.97 Å². The summed E-state index contributed by atoms with van der Waals surface area (Å²) < 4.78 is 4.87. The lowest BCUT2D eigenvalue weighted by atomic mass is 10.2. The standard InChI is InChI=1S/C13H18O3S/c1-3-16-13(15)9-8-12-7-6-11(17-12)5-4-10(2)14/h6-7H,3-5,8-9H2,1-2H3. The van der Waals surface area contributed by atoms with Gasteiger partial charge in [-0.2, -0.15) is 0 Å². The number of aryl methyl sites for hydroxylation is 2. The van der Waals surface area contributed by atoms with Crippen molar-refractivity contribution in [3.05, 3.63) is 21.9 Å². The highest BCUT2D eigenvalue weighted by atomic mass is 32.1. The lowest BCUT2D eigenvalue weighted by Gasteiger charge is -1.99. The van der Waals surface area contributed by atoms with Gasteiger partial charge in [0.2, 0.25) is 0 Å². The summed E-state index contributed by atoms with van der Waals surface area (Å²) in [6.07, 6.45) is 2.56. The summed E-state index contributed by atoms with van der Waals surface area (Å²) in [7, 11) is 0. The molecule has 0 unspecified atom stereocenters. The predicted octanol–water partition coefficient (Wildman–Crippen LogP) is 2.77. The molecule has 0 aliphatic heterocycles. The Bertz CT molecular complexity index is 382. The van der Waals surface area contributed by atoms with Crippen molar-refractivity contribution in [2.24, 2.45) is 0 Å². The second-order valence-electron chi connectivity index (χ2n) is 3.88. The molecule has 1 heterocycles. The zero-order valence-corrected chi connectivity index (χ0v) is 11.1. The summed E-state index contributed by atoms with van der Waals surface area (Å²) in [6.45, 7) is 3.85. The summed E-state index contributed by atoms with van der Waals surface area (Å²) in [5, 5.41) is 0. The van der Waals surface area contributed by atoms with E-state index in [1.165, 1.54) is 9.75 Å². The van der Waals surface area contributed by atoms with E-state index in [1.807, 2.05) is 19.1 Å². The fourth-order valence-electron chi connectivity index (χ4n) is 1.45. The summed E-state index contributed by atoms with van der Waals surface area (Å²) in [5.41, 5.74) is 0. The molecule has 0 saturated carbocycles. The van der Waals surface area contributed by atoms with Crippen molar-refractivity contribution in [1.82, 2.24) is 0 Å². The molecule has 1 aromatic rings. The first-order chi connectivity index (χ1) is 8.11. The Morgan fingerprint density at radius 1 is 1.18 bits per heavy atom. The van der Waals surface area contributed by atoms with Crippen LogP contribution in [0.2, 0.25) is 0 Å². The molecule has 0 aromatic carbocycles. The van der Waals surface area contributed by atoms with Crippen LogP contribution in [0.1, 0.15) is 36.4 Å². The monoisotopic (exact) mass is 254 g/mol. The van der Waals surface area contributed by atoms with Crippen molar-refractivity contribution < 1.29 is 14.3 Å². The Hall–Kier alpha value is -1.16.